The second-order valence-electron chi connectivity index (χ2n) is 14.2. The molecule has 294 valence electrons. The molecule has 0 saturated carbocycles. The van der Waals surface area contributed by atoms with Crippen LogP contribution in [0.3, 0.4) is 0 Å². The number of carbonyl (C=O) groups is 1. The van der Waals surface area contributed by atoms with E-state index in [1.54, 1.807) is 6.08 Å². The number of unbranched alkanes of at least 4 members (excludes halogenated alkanes) is 19. The first-order valence-corrected chi connectivity index (χ1v) is 20.2. The number of ether oxygens (including phenoxy) is 2. The zero-order chi connectivity index (χ0) is 36.8. The molecule has 0 aliphatic carbocycles. The lowest BCUT2D eigenvalue weighted by atomic mass is 9.99. The van der Waals surface area contributed by atoms with Crippen LogP contribution in [0.2, 0.25) is 0 Å². The lowest BCUT2D eigenvalue weighted by molar-refractivity contribution is -0.302. The Morgan fingerprint density at radius 2 is 1.18 bits per heavy atom. The molecule has 0 aromatic heterocycles. The van der Waals surface area contributed by atoms with Gasteiger partial charge in [-0.05, 0) is 32.1 Å². The van der Waals surface area contributed by atoms with E-state index in [0.29, 0.717) is 19.3 Å². The minimum Gasteiger partial charge on any atom is -0.394 e. The van der Waals surface area contributed by atoms with Crippen LogP contribution in [-0.2, 0) is 14.3 Å². The number of amides is 1. The van der Waals surface area contributed by atoms with Gasteiger partial charge in [-0.25, -0.2) is 0 Å². The fraction of sp³-hybridized carbons (Fsp3) is 0.875. The van der Waals surface area contributed by atoms with Gasteiger partial charge in [-0.2, -0.15) is 0 Å². The van der Waals surface area contributed by atoms with E-state index in [-0.39, 0.29) is 6.61 Å². The van der Waals surface area contributed by atoms with Crippen LogP contribution in [0.4, 0.5) is 0 Å². The third-order valence-corrected chi connectivity index (χ3v) is 9.64. The van der Waals surface area contributed by atoms with E-state index in [1.165, 1.54) is 96.3 Å². The first-order chi connectivity index (χ1) is 24.3. The summed E-state index contributed by atoms with van der Waals surface area (Å²) in [5.41, 5.74) is 0. The Hall–Kier alpha value is -1.37. The predicted molar refractivity (Wildman–Crippen MR) is 199 cm³/mol. The highest BCUT2D eigenvalue weighted by molar-refractivity contribution is 5.80. The minimum absolute atomic E-state index is 0.306. The number of allylic oxidation sites excluding steroid dienone is 3. The molecule has 10 heteroatoms. The van der Waals surface area contributed by atoms with Crippen LogP contribution in [0.1, 0.15) is 162 Å². The molecule has 0 bridgehead atoms. The number of hydrogen-bond acceptors (Lipinski definition) is 9. The molecule has 1 rings (SSSR count). The fourth-order valence-electron chi connectivity index (χ4n) is 6.24. The van der Waals surface area contributed by atoms with Gasteiger partial charge in [-0.3, -0.25) is 4.79 Å². The molecule has 0 radical (unpaired) electrons. The van der Waals surface area contributed by atoms with Crippen molar-refractivity contribution in [1.29, 1.82) is 0 Å². The van der Waals surface area contributed by atoms with Crippen molar-refractivity contribution in [3.63, 3.8) is 0 Å². The Morgan fingerprint density at radius 1 is 0.680 bits per heavy atom. The van der Waals surface area contributed by atoms with E-state index in [1.807, 2.05) is 6.08 Å². The fourth-order valence-corrected chi connectivity index (χ4v) is 6.24. The van der Waals surface area contributed by atoms with Crippen LogP contribution in [0.15, 0.2) is 24.3 Å². The summed E-state index contributed by atoms with van der Waals surface area (Å²) in [6.45, 7) is 3.54. The second-order valence-corrected chi connectivity index (χ2v) is 14.2. The molecule has 1 aliphatic rings. The van der Waals surface area contributed by atoms with Gasteiger partial charge < -0.3 is 45.4 Å². The zero-order valence-electron chi connectivity index (χ0n) is 31.5. The summed E-state index contributed by atoms with van der Waals surface area (Å²) in [4.78, 5) is 12.9. The highest BCUT2D eigenvalue weighted by Gasteiger charge is 2.44. The number of nitrogens with one attached hydrogen (secondary N) is 1. The monoisotopic (exact) mass is 714 g/mol. The Labute approximate surface area is 303 Å². The maximum absolute atomic E-state index is 12.9. The number of hydrogen-bond donors (Lipinski definition) is 7. The standard InChI is InChI=1S/C40H75NO9/c1-3-5-7-9-11-13-15-17-19-20-22-24-26-28-33(43)32(31-49-40-38(47)37(46)36(45)35(30-42)50-40)41-39(48)34(44)29-27-25-23-21-18-16-14-12-10-8-6-4-2/h19-20,26,28,32-38,40,42-47H,3-18,21-25,27,29-31H2,1-2H3,(H,41,48)/b20-19-,28-26+/t32-,33+,34+,35+,36+,37-,38+,40+/m1/s1. The summed E-state index contributed by atoms with van der Waals surface area (Å²) < 4.78 is 11.1. The van der Waals surface area contributed by atoms with Gasteiger partial charge in [0.1, 0.15) is 30.5 Å². The van der Waals surface area contributed by atoms with Gasteiger partial charge in [-0.15, -0.1) is 0 Å². The lowest BCUT2D eigenvalue weighted by Gasteiger charge is -2.40. The molecule has 1 fully saturated rings. The van der Waals surface area contributed by atoms with Crippen molar-refractivity contribution in [3.8, 4) is 0 Å². The topological polar surface area (TPSA) is 169 Å². The Bertz CT molecular complexity index is 855. The van der Waals surface area contributed by atoms with Crippen molar-refractivity contribution in [3.05, 3.63) is 24.3 Å². The SMILES string of the molecule is CCCCCCCCC/C=C\CC/C=C/[C@H](O)[C@@H](CO[C@H]1O[C@@H](CO)[C@H](O)[C@@H](O)[C@@H]1O)NC(=O)[C@@H](O)CCCCCCCCCCCCCC. The van der Waals surface area contributed by atoms with E-state index < -0.39 is 61.5 Å². The number of rotatable bonds is 32. The smallest absolute Gasteiger partial charge is 0.249 e. The van der Waals surface area contributed by atoms with Gasteiger partial charge in [0.05, 0.1) is 25.4 Å². The Kier molecular flexibility index (Phi) is 29.1. The average molecular weight is 714 g/mol. The second kappa shape index (κ2) is 31.2. The molecular formula is C40H75NO9. The van der Waals surface area contributed by atoms with Gasteiger partial charge in [0.25, 0.3) is 0 Å². The summed E-state index contributed by atoms with van der Waals surface area (Å²) in [5.74, 6) is -0.628. The van der Waals surface area contributed by atoms with Gasteiger partial charge in [0.2, 0.25) is 5.91 Å². The third-order valence-electron chi connectivity index (χ3n) is 9.64. The summed E-state index contributed by atoms with van der Waals surface area (Å²) in [6.07, 6.45) is 24.1. The summed E-state index contributed by atoms with van der Waals surface area (Å²) in [5, 5.41) is 64.3. The normalized spacial score (nSPS) is 23.1. The largest absolute Gasteiger partial charge is 0.394 e. The van der Waals surface area contributed by atoms with Crippen molar-refractivity contribution in [2.24, 2.45) is 0 Å². The van der Waals surface area contributed by atoms with Crippen LogP contribution >= 0.6 is 0 Å². The first-order valence-electron chi connectivity index (χ1n) is 20.2. The average Bonchev–Trinajstić information content (AvgIpc) is 3.11. The van der Waals surface area contributed by atoms with Gasteiger partial charge >= 0.3 is 0 Å². The molecule has 7 N–H and O–H groups in total. The van der Waals surface area contributed by atoms with Gasteiger partial charge in [0.15, 0.2) is 6.29 Å². The van der Waals surface area contributed by atoms with E-state index in [9.17, 15) is 35.4 Å². The molecule has 0 unspecified atom stereocenters. The van der Waals surface area contributed by atoms with E-state index in [4.69, 9.17) is 9.47 Å². The number of carbonyl (C=O) groups excluding carboxylic acids is 1. The van der Waals surface area contributed by atoms with Crippen LogP contribution < -0.4 is 5.32 Å². The molecule has 0 aromatic rings. The van der Waals surface area contributed by atoms with Crippen LogP contribution in [0, 0.1) is 0 Å². The summed E-state index contributed by atoms with van der Waals surface area (Å²) >= 11 is 0. The Morgan fingerprint density at radius 3 is 1.74 bits per heavy atom. The molecule has 1 amide bonds. The first kappa shape index (κ1) is 46.7. The third kappa shape index (κ3) is 21.9. The van der Waals surface area contributed by atoms with Crippen molar-refractivity contribution in [1.82, 2.24) is 5.32 Å². The highest BCUT2D eigenvalue weighted by Crippen LogP contribution is 2.22. The summed E-state index contributed by atoms with van der Waals surface area (Å²) in [6, 6.07) is -0.990. The number of aliphatic hydroxyl groups is 6. The molecule has 50 heavy (non-hydrogen) atoms. The number of aliphatic hydroxyl groups excluding tert-OH is 6. The molecule has 0 aromatic carbocycles. The Balaban J connectivity index is 2.54. The molecule has 1 aliphatic heterocycles. The molecular weight excluding hydrogens is 638 g/mol. The van der Waals surface area contributed by atoms with Crippen molar-refractivity contribution < 1.29 is 44.9 Å². The maximum atomic E-state index is 12.9. The van der Waals surface area contributed by atoms with Gasteiger partial charge in [0, 0.05) is 0 Å². The van der Waals surface area contributed by atoms with Crippen molar-refractivity contribution in [2.75, 3.05) is 13.2 Å². The van der Waals surface area contributed by atoms with E-state index in [0.717, 1.165) is 32.1 Å². The van der Waals surface area contributed by atoms with Crippen LogP contribution in [-0.4, -0.2) is 98.7 Å². The predicted octanol–water partition coefficient (Wildman–Crippen LogP) is 6.13. The maximum Gasteiger partial charge on any atom is 0.249 e. The highest BCUT2D eigenvalue weighted by atomic mass is 16.7. The van der Waals surface area contributed by atoms with Crippen LogP contribution in [0.25, 0.3) is 0 Å². The lowest BCUT2D eigenvalue weighted by Crippen LogP contribution is -2.60. The van der Waals surface area contributed by atoms with E-state index in [2.05, 4.69) is 31.3 Å². The quantitative estimate of drug-likeness (QED) is 0.0320. The summed E-state index contributed by atoms with van der Waals surface area (Å²) in [7, 11) is 0. The van der Waals surface area contributed by atoms with Crippen molar-refractivity contribution in [2.45, 2.75) is 210 Å². The van der Waals surface area contributed by atoms with Crippen molar-refractivity contribution >= 4 is 5.91 Å². The molecule has 8 atom stereocenters. The molecule has 1 heterocycles. The zero-order valence-corrected chi connectivity index (χ0v) is 31.5. The van der Waals surface area contributed by atoms with E-state index >= 15 is 0 Å². The minimum atomic E-state index is -1.61. The molecule has 10 nitrogen and oxygen atoms in total. The van der Waals surface area contributed by atoms with Gasteiger partial charge in [-0.1, -0.05) is 154 Å². The van der Waals surface area contributed by atoms with Crippen LogP contribution in [0.5, 0.6) is 0 Å². The molecule has 0 spiro atoms. The molecule has 1 saturated heterocycles.